The SMILES string of the molecule is COc1cc2c(cc1O)[C@H](c1cc(OC)c(O)c(OC)c1)[C@@H](CO[C@H]1O[C@H](C)[C@@H](O)[C@H](O)[C@@H]1O)[C@H](CO)C2. The highest BCUT2D eigenvalue weighted by Gasteiger charge is 2.44. The van der Waals surface area contributed by atoms with E-state index >= 15 is 0 Å². The van der Waals surface area contributed by atoms with Crippen LogP contribution in [0.15, 0.2) is 24.3 Å². The van der Waals surface area contributed by atoms with E-state index in [0.29, 0.717) is 17.7 Å². The number of phenolic OH excluding ortho intramolecular Hbond substituents is 2. The van der Waals surface area contributed by atoms with Gasteiger partial charge in [0.15, 0.2) is 29.3 Å². The molecule has 6 N–H and O–H groups in total. The Morgan fingerprint density at radius 2 is 1.50 bits per heavy atom. The number of aromatic hydroxyl groups is 2. The molecule has 11 nitrogen and oxygen atoms in total. The minimum atomic E-state index is -1.48. The van der Waals surface area contributed by atoms with Crippen molar-refractivity contribution in [2.45, 2.75) is 50.0 Å². The molecule has 0 amide bonds. The number of aliphatic hydroxyl groups excluding tert-OH is 4. The van der Waals surface area contributed by atoms with Gasteiger partial charge >= 0.3 is 0 Å². The van der Waals surface area contributed by atoms with Crippen molar-refractivity contribution < 1.29 is 54.3 Å². The summed E-state index contributed by atoms with van der Waals surface area (Å²) in [5.74, 6) is -0.773. The Kier molecular flexibility index (Phi) is 8.55. The topological polar surface area (TPSA) is 168 Å². The third-order valence-corrected chi connectivity index (χ3v) is 7.65. The maximum Gasteiger partial charge on any atom is 0.200 e. The summed E-state index contributed by atoms with van der Waals surface area (Å²) in [4.78, 5) is 0. The van der Waals surface area contributed by atoms with Crippen LogP contribution in [-0.4, -0.2) is 95.9 Å². The molecule has 0 spiro atoms. The molecular weight excluding hydrogens is 500 g/mol. The summed E-state index contributed by atoms with van der Waals surface area (Å²) in [6, 6.07) is 6.67. The quantitative estimate of drug-likeness (QED) is 0.283. The van der Waals surface area contributed by atoms with Gasteiger partial charge in [-0.05, 0) is 66.1 Å². The van der Waals surface area contributed by atoms with Gasteiger partial charge in [-0.1, -0.05) is 0 Å². The summed E-state index contributed by atoms with van der Waals surface area (Å²) >= 11 is 0. The van der Waals surface area contributed by atoms with E-state index in [1.807, 2.05) is 0 Å². The number of methoxy groups -OCH3 is 3. The number of fused-ring (bicyclic) bond motifs is 1. The Morgan fingerprint density at radius 1 is 0.868 bits per heavy atom. The minimum Gasteiger partial charge on any atom is -0.504 e. The molecule has 0 radical (unpaired) electrons. The van der Waals surface area contributed by atoms with Crippen LogP contribution in [0.4, 0.5) is 0 Å². The van der Waals surface area contributed by atoms with Gasteiger partial charge in [0.25, 0.3) is 0 Å². The second-order valence-corrected chi connectivity index (χ2v) is 9.80. The van der Waals surface area contributed by atoms with E-state index in [9.17, 15) is 30.6 Å². The normalized spacial score (nSPS) is 30.9. The van der Waals surface area contributed by atoms with E-state index in [4.69, 9.17) is 23.7 Å². The summed E-state index contributed by atoms with van der Waals surface area (Å²) < 4.78 is 27.6. The first-order valence-corrected chi connectivity index (χ1v) is 12.4. The number of hydrogen-bond donors (Lipinski definition) is 6. The first kappa shape index (κ1) is 28.2. The first-order valence-electron chi connectivity index (χ1n) is 12.4. The van der Waals surface area contributed by atoms with E-state index < -0.39 is 42.5 Å². The highest BCUT2D eigenvalue weighted by atomic mass is 16.7. The summed E-state index contributed by atoms with van der Waals surface area (Å²) in [7, 11) is 4.30. The molecule has 1 saturated heterocycles. The molecule has 2 aliphatic rings. The predicted octanol–water partition coefficient (Wildman–Crippen LogP) is 0.880. The second kappa shape index (κ2) is 11.5. The Morgan fingerprint density at radius 3 is 2.08 bits per heavy atom. The summed E-state index contributed by atoms with van der Waals surface area (Å²) in [6.45, 7) is 1.37. The van der Waals surface area contributed by atoms with Crippen LogP contribution in [0.3, 0.4) is 0 Å². The lowest BCUT2D eigenvalue weighted by Gasteiger charge is -2.42. The van der Waals surface area contributed by atoms with E-state index in [-0.39, 0.29) is 42.1 Å². The van der Waals surface area contributed by atoms with Gasteiger partial charge in [0.05, 0.1) is 34.0 Å². The summed E-state index contributed by atoms with van der Waals surface area (Å²) in [5, 5.41) is 62.2. The summed E-state index contributed by atoms with van der Waals surface area (Å²) in [5.41, 5.74) is 2.28. The molecule has 0 aromatic heterocycles. The van der Waals surface area contributed by atoms with Crippen LogP contribution >= 0.6 is 0 Å². The van der Waals surface area contributed by atoms with Crippen molar-refractivity contribution in [3.05, 3.63) is 41.0 Å². The van der Waals surface area contributed by atoms with Crippen molar-refractivity contribution in [3.8, 4) is 28.7 Å². The minimum absolute atomic E-state index is 0.00903. The van der Waals surface area contributed by atoms with Crippen LogP contribution < -0.4 is 14.2 Å². The molecule has 11 heteroatoms. The Balaban J connectivity index is 1.78. The van der Waals surface area contributed by atoms with Gasteiger partial charge in [0.2, 0.25) is 5.75 Å². The average Bonchev–Trinajstić information content (AvgIpc) is 2.92. The fourth-order valence-corrected chi connectivity index (χ4v) is 5.50. The predicted molar refractivity (Wildman–Crippen MR) is 134 cm³/mol. The number of aliphatic hydroxyl groups is 4. The van der Waals surface area contributed by atoms with Crippen molar-refractivity contribution in [2.24, 2.45) is 11.8 Å². The second-order valence-electron chi connectivity index (χ2n) is 9.80. The first-order chi connectivity index (χ1) is 18.1. The van der Waals surface area contributed by atoms with Gasteiger partial charge < -0.3 is 54.3 Å². The molecule has 2 aromatic rings. The summed E-state index contributed by atoms with van der Waals surface area (Å²) in [6.07, 6.45) is -5.73. The maximum absolute atomic E-state index is 10.6. The number of phenols is 2. The molecule has 2 aromatic carbocycles. The van der Waals surface area contributed by atoms with Crippen molar-refractivity contribution in [1.82, 2.24) is 0 Å². The Bertz CT molecular complexity index is 1100. The number of ether oxygens (including phenoxy) is 5. The van der Waals surface area contributed by atoms with Gasteiger partial charge in [-0.25, -0.2) is 0 Å². The van der Waals surface area contributed by atoms with Crippen LogP contribution in [0.25, 0.3) is 0 Å². The van der Waals surface area contributed by atoms with Crippen LogP contribution in [0.5, 0.6) is 28.7 Å². The maximum atomic E-state index is 10.6. The molecule has 1 aliphatic carbocycles. The van der Waals surface area contributed by atoms with Crippen molar-refractivity contribution in [3.63, 3.8) is 0 Å². The smallest absolute Gasteiger partial charge is 0.200 e. The number of hydrogen-bond acceptors (Lipinski definition) is 11. The van der Waals surface area contributed by atoms with Crippen LogP contribution in [-0.2, 0) is 15.9 Å². The van der Waals surface area contributed by atoms with Gasteiger partial charge in [0, 0.05) is 12.5 Å². The number of rotatable bonds is 8. The molecule has 0 unspecified atom stereocenters. The van der Waals surface area contributed by atoms with Crippen LogP contribution in [0.1, 0.15) is 29.5 Å². The van der Waals surface area contributed by atoms with E-state index in [2.05, 4.69) is 0 Å². The fourth-order valence-electron chi connectivity index (χ4n) is 5.50. The van der Waals surface area contributed by atoms with Gasteiger partial charge in [-0.2, -0.15) is 0 Å². The monoisotopic (exact) mass is 536 g/mol. The number of benzene rings is 2. The van der Waals surface area contributed by atoms with Crippen molar-refractivity contribution in [1.29, 1.82) is 0 Å². The third-order valence-electron chi connectivity index (χ3n) is 7.65. The lowest BCUT2D eigenvalue weighted by atomic mass is 9.66. The molecule has 0 saturated carbocycles. The lowest BCUT2D eigenvalue weighted by Crippen LogP contribution is -2.57. The van der Waals surface area contributed by atoms with Gasteiger partial charge in [-0.3, -0.25) is 0 Å². The Labute approximate surface area is 220 Å². The average molecular weight is 537 g/mol. The van der Waals surface area contributed by atoms with Gasteiger partial charge in [0.1, 0.15) is 18.3 Å². The zero-order valence-electron chi connectivity index (χ0n) is 21.8. The van der Waals surface area contributed by atoms with E-state index in [0.717, 1.165) is 11.1 Å². The zero-order valence-corrected chi connectivity index (χ0v) is 21.8. The van der Waals surface area contributed by atoms with Crippen LogP contribution in [0, 0.1) is 11.8 Å². The molecule has 0 bridgehead atoms. The molecule has 38 heavy (non-hydrogen) atoms. The molecule has 1 aliphatic heterocycles. The highest BCUT2D eigenvalue weighted by Crippen LogP contribution is 2.50. The molecule has 210 valence electrons. The fraction of sp³-hybridized carbons (Fsp3) is 0.556. The standard InChI is InChI=1S/C27H36O11/c1-12-23(30)25(32)26(33)27(38-12)37-11-17-15(10-28)5-13-6-19(34-2)18(29)9-16(13)22(17)14-7-20(35-3)24(31)21(8-14)36-4/h6-9,12,15,17,22-23,25-33H,5,10-11H2,1-4H3/t12-,15+,17+,22+,23-,25+,26+,27+/m1/s1. The molecule has 1 heterocycles. The van der Waals surface area contributed by atoms with Crippen LogP contribution in [0.2, 0.25) is 0 Å². The molecule has 4 rings (SSSR count). The van der Waals surface area contributed by atoms with E-state index in [1.54, 1.807) is 31.2 Å². The van der Waals surface area contributed by atoms with E-state index in [1.165, 1.54) is 21.3 Å². The van der Waals surface area contributed by atoms with Crippen molar-refractivity contribution >= 4 is 0 Å². The zero-order chi connectivity index (χ0) is 27.7. The molecular formula is C27H36O11. The third kappa shape index (κ3) is 5.09. The van der Waals surface area contributed by atoms with Crippen molar-refractivity contribution in [2.75, 3.05) is 34.5 Å². The highest BCUT2D eigenvalue weighted by molar-refractivity contribution is 5.57. The van der Waals surface area contributed by atoms with Gasteiger partial charge in [-0.15, -0.1) is 0 Å². The molecule has 8 atom stereocenters. The molecule has 1 fully saturated rings. The largest absolute Gasteiger partial charge is 0.504 e. The Hall–Kier alpha value is -2.80. The lowest BCUT2D eigenvalue weighted by molar-refractivity contribution is -0.296.